The van der Waals surface area contributed by atoms with E-state index in [-0.39, 0.29) is 24.4 Å². The number of hydrogen-bond donors (Lipinski definition) is 1. The smallest absolute Gasteiger partial charge is 0.324 e. The molecule has 0 aromatic heterocycles. The maximum absolute atomic E-state index is 11.2. The van der Waals surface area contributed by atoms with Gasteiger partial charge in [-0.1, -0.05) is 0 Å². The van der Waals surface area contributed by atoms with Crippen LogP contribution in [0.4, 0.5) is 0 Å². The summed E-state index contributed by atoms with van der Waals surface area (Å²) in [5.41, 5.74) is 0. The van der Waals surface area contributed by atoms with E-state index in [0.29, 0.717) is 6.04 Å². The normalized spacial score (nSPS) is 31.8. The van der Waals surface area contributed by atoms with Crippen LogP contribution in [0.3, 0.4) is 0 Å². The number of nitrogens with zero attached hydrogens (tertiary/aromatic N) is 1. The molecule has 2 aliphatic heterocycles. The quantitative estimate of drug-likeness (QED) is 0.633. The van der Waals surface area contributed by atoms with E-state index in [1.54, 1.807) is 0 Å². The van der Waals surface area contributed by atoms with Gasteiger partial charge in [0.15, 0.2) is 0 Å². The van der Waals surface area contributed by atoms with Crippen molar-refractivity contribution in [2.45, 2.75) is 24.9 Å². The van der Waals surface area contributed by atoms with Crippen LogP contribution in [0, 0.1) is 0 Å². The Balaban J connectivity index is 0.000000980. The summed E-state index contributed by atoms with van der Waals surface area (Å²) in [4.78, 5) is 13.6. The lowest BCUT2D eigenvalue weighted by Crippen LogP contribution is -2.57. The minimum Gasteiger partial charge on any atom is -0.468 e. The number of hydrogen-bond acceptors (Lipinski definition) is 4. The van der Waals surface area contributed by atoms with Crippen molar-refractivity contribution < 1.29 is 9.53 Å². The highest BCUT2D eigenvalue weighted by Crippen LogP contribution is 2.19. The largest absolute Gasteiger partial charge is 0.468 e. The van der Waals surface area contributed by atoms with Crippen LogP contribution >= 0.6 is 12.4 Å². The van der Waals surface area contributed by atoms with Gasteiger partial charge in [0.1, 0.15) is 6.04 Å². The zero-order valence-corrected chi connectivity index (χ0v) is 9.18. The number of carbonyl (C=O) groups excluding carboxylic acids is 1. The van der Waals surface area contributed by atoms with Gasteiger partial charge < -0.3 is 10.1 Å². The minimum atomic E-state index is -0.134. The molecular formula is C9H17ClN2O2. The van der Waals surface area contributed by atoms with Gasteiger partial charge in [0.2, 0.25) is 0 Å². The summed E-state index contributed by atoms with van der Waals surface area (Å²) in [7, 11) is 1.44. The zero-order chi connectivity index (χ0) is 9.26. The van der Waals surface area contributed by atoms with Gasteiger partial charge in [-0.15, -0.1) is 12.4 Å². The van der Waals surface area contributed by atoms with E-state index < -0.39 is 0 Å². The van der Waals surface area contributed by atoms with Gasteiger partial charge in [0.25, 0.3) is 0 Å². The highest BCUT2D eigenvalue weighted by molar-refractivity contribution is 5.85. The fourth-order valence-electron chi connectivity index (χ4n) is 2.24. The number of nitrogens with one attached hydrogen (secondary N) is 1. The molecule has 0 amide bonds. The van der Waals surface area contributed by atoms with Crippen molar-refractivity contribution >= 4 is 18.4 Å². The number of rotatable bonds is 1. The van der Waals surface area contributed by atoms with Gasteiger partial charge in [-0.25, -0.2) is 0 Å². The van der Waals surface area contributed by atoms with Crippen molar-refractivity contribution in [1.82, 2.24) is 10.2 Å². The molecule has 2 rings (SSSR count). The Labute approximate surface area is 90.4 Å². The molecule has 5 heteroatoms. The van der Waals surface area contributed by atoms with E-state index >= 15 is 0 Å². The molecule has 0 bridgehead atoms. The van der Waals surface area contributed by atoms with E-state index in [9.17, 15) is 4.79 Å². The minimum absolute atomic E-state index is 0. The van der Waals surface area contributed by atoms with Gasteiger partial charge in [-0.2, -0.15) is 0 Å². The summed E-state index contributed by atoms with van der Waals surface area (Å²) < 4.78 is 4.71. The Hall–Kier alpha value is -0.320. The van der Waals surface area contributed by atoms with Crippen molar-refractivity contribution in [1.29, 1.82) is 0 Å². The third kappa shape index (κ3) is 2.19. The average Bonchev–Trinajstić information content (AvgIpc) is 2.63. The Bertz CT molecular complexity index is 213. The number of methoxy groups -OCH3 is 1. The fraction of sp³-hybridized carbons (Fsp3) is 0.889. The fourth-order valence-corrected chi connectivity index (χ4v) is 2.24. The molecule has 0 saturated carbocycles. The number of ether oxygens (including phenoxy) is 1. The van der Waals surface area contributed by atoms with E-state index in [1.165, 1.54) is 20.0 Å². The number of halogens is 1. The molecule has 82 valence electrons. The van der Waals surface area contributed by atoms with Crippen LogP contribution in [0.5, 0.6) is 0 Å². The van der Waals surface area contributed by atoms with Crippen LogP contribution in [-0.4, -0.2) is 49.7 Å². The summed E-state index contributed by atoms with van der Waals surface area (Å²) >= 11 is 0. The zero-order valence-electron chi connectivity index (χ0n) is 8.36. The first-order chi connectivity index (χ1) is 6.31. The van der Waals surface area contributed by atoms with Gasteiger partial charge in [-0.3, -0.25) is 9.69 Å². The molecule has 0 aromatic rings. The lowest BCUT2D eigenvalue weighted by atomic mass is 10.1. The molecule has 4 nitrogen and oxygen atoms in total. The highest BCUT2D eigenvalue weighted by Gasteiger charge is 2.34. The Morgan fingerprint density at radius 2 is 2.36 bits per heavy atom. The lowest BCUT2D eigenvalue weighted by molar-refractivity contribution is -0.144. The standard InChI is InChI=1S/C9H16N2O2.ClH/c1-13-9(12)8-6-11-4-2-3-7(11)5-10-8;/h7-8,10H,2-6H2,1H3;1H. The molecule has 0 aromatic carbocycles. The Morgan fingerprint density at radius 3 is 3.07 bits per heavy atom. The van der Waals surface area contributed by atoms with E-state index in [1.807, 2.05) is 0 Å². The van der Waals surface area contributed by atoms with Crippen molar-refractivity contribution in [2.24, 2.45) is 0 Å². The predicted molar refractivity (Wildman–Crippen MR) is 55.6 cm³/mol. The van der Waals surface area contributed by atoms with Crippen molar-refractivity contribution in [3.05, 3.63) is 0 Å². The SMILES string of the molecule is COC(=O)C1CN2CCCC2CN1.Cl. The molecule has 2 heterocycles. The molecule has 2 fully saturated rings. The van der Waals surface area contributed by atoms with E-state index in [0.717, 1.165) is 19.6 Å². The summed E-state index contributed by atoms with van der Waals surface area (Å²) in [6.45, 7) is 2.89. The predicted octanol–water partition coefficient (Wildman–Crippen LogP) is 0.0174. The lowest BCUT2D eigenvalue weighted by Gasteiger charge is -2.34. The maximum atomic E-state index is 11.2. The third-order valence-corrected chi connectivity index (χ3v) is 3.00. The molecule has 1 N–H and O–H groups in total. The number of piperazine rings is 1. The van der Waals surface area contributed by atoms with Crippen LogP contribution in [-0.2, 0) is 9.53 Å². The summed E-state index contributed by atoms with van der Waals surface area (Å²) in [6, 6.07) is 0.542. The third-order valence-electron chi connectivity index (χ3n) is 3.00. The molecule has 2 aliphatic rings. The summed E-state index contributed by atoms with van der Waals surface area (Å²) in [6.07, 6.45) is 2.53. The number of carbonyl (C=O) groups is 1. The van der Waals surface area contributed by atoms with Gasteiger partial charge in [-0.05, 0) is 19.4 Å². The van der Waals surface area contributed by atoms with Crippen molar-refractivity contribution in [3.63, 3.8) is 0 Å². The molecule has 14 heavy (non-hydrogen) atoms. The number of esters is 1. The van der Waals surface area contributed by atoms with Crippen LogP contribution in [0.15, 0.2) is 0 Å². The average molecular weight is 221 g/mol. The maximum Gasteiger partial charge on any atom is 0.324 e. The molecular weight excluding hydrogens is 204 g/mol. The van der Waals surface area contributed by atoms with Gasteiger partial charge in [0.05, 0.1) is 7.11 Å². The molecule has 0 aliphatic carbocycles. The first-order valence-electron chi connectivity index (χ1n) is 4.86. The first-order valence-corrected chi connectivity index (χ1v) is 4.86. The van der Waals surface area contributed by atoms with Crippen LogP contribution in [0.2, 0.25) is 0 Å². The van der Waals surface area contributed by atoms with Crippen molar-refractivity contribution in [3.8, 4) is 0 Å². The molecule has 2 saturated heterocycles. The van der Waals surface area contributed by atoms with E-state index in [2.05, 4.69) is 10.2 Å². The van der Waals surface area contributed by atoms with Gasteiger partial charge >= 0.3 is 5.97 Å². The molecule has 0 spiro atoms. The molecule has 2 atom stereocenters. The van der Waals surface area contributed by atoms with Crippen LogP contribution in [0.25, 0.3) is 0 Å². The van der Waals surface area contributed by atoms with E-state index in [4.69, 9.17) is 4.74 Å². The molecule has 0 radical (unpaired) electrons. The second-order valence-corrected chi connectivity index (χ2v) is 3.77. The van der Waals surface area contributed by atoms with Crippen LogP contribution in [0.1, 0.15) is 12.8 Å². The summed E-state index contributed by atoms with van der Waals surface area (Å²) in [5.74, 6) is -0.134. The first kappa shape index (κ1) is 11.8. The van der Waals surface area contributed by atoms with Gasteiger partial charge in [0, 0.05) is 19.1 Å². The monoisotopic (exact) mass is 220 g/mol. The topological polar surface area (TPSA) is 41.6 Å². The van der Waals surface area contributed by atoms with Crippen LogP contribution < -0.4 is 5.32 Å². The second-order valence-electron chi connectivity index (χ2n) is 3.77. The highest BCUT2D eigenvalue weighted by atomic mass is 35.5. The number of fused-ring (bicyclic) bond motifs is 1. The second kappa shape index (κ2) is 4.96. The Kier molecular flexibility index (Phi) is 4.16. The van der Waals surface area contributed by atoms with Crippen molar-refractivity contribution in [2.75, 3.05) is 26.7 Å². The Morgan fingerprint density at radius 1 is 1.57 bits per heavy atom. The summed E-state index contributed by atoms with van der Waals surface area (Å²) in [5, 5.41) is 3.22. The molecule has 2 unspecified atom stereocenters.